The molecular formula is C17H25NO2. The first-order valence-corrected chi connectivity index (χ1v) is 7.38. The lowest BCUT2D eigenvalue weighted by molar-refractivity contribution is -0.138. The van der Waals surface area contributed by atoms with E-state index in [1.54, 1.807) is 0 Å². The van der Waals surface area contributed by atoms with Crippen LogP contribution in [0, 0.1) is 0 Å². The largest absolute Gasteiger partial charge is 0.382 e. The standard InChI is InChI=1S/C17H25NO2/c1-13(19)17(20)10-8-16(9-11-17)15-6-4-14(5-7-15)12-18(2)3/h4-7,16,20H,8-12H2,1-3H3. The van der Waals surface area contributed by atoms with Gasteiger partial charge in [0.05, 0.1) is 0 Å². The molecule has 20 heavy (non-hydrogen) atoms. The van der Waals surface area contributed by atoms with Crippen LogP contribution in [0.25, 0.3) is 0 Å². The number of Topliss-reactive ketones (excluding diaryl/α,β-unsaturated/α-hetero) is 1. The van der Waals surface area contributed by atoms with E-state index in [-0.39, 0.29) is 5.78 Å². The molecule has 0 heterocycles. The van der Waals surface area contributed by atoms with E-state index in [4.69, 9.17) is 0 Å². The second-order valence-electron chi connectivity index (χ2n) is 6.34. The van der Waals surface area contributed by atoms with E-state index in [2.05, 4.69) is 43.3 Å². The van der Waals surface area contributed by atoms with Gasteiger partial charge in [-0.3, -0.25) is 4.79 Å². The molecule has 1 aromatic carbocycles. The number of nitrogens with zero attached hydrogens (tertiary/aromatic N) is 1. The molecule has 0 aliphatic heterocycles. The van der Waals surface area contributed by atoms with Crippen molar-refractivity contribution < 1.29 is 9.90 Å². The molecule has 1 aromatic rings. The lowest BCUT2D eigenvalue weighted by Crippen LogP contribution is -2.40. The van der Waals surface area contributed by atoms with Crippen LogP contribution < -0.4 is 0 Å². The number of aliphatic hydroxyl groups is 1. The molecule has 3 nitrogen and oxygen atoms in total. The van der Waals surface area contributed by atoms with Gasteiger partial charge < -0.3 is 10.0 Å². The third kappa shape index (κ3) is 3.47. The van der Waals surface area contributed by atoms with Crippen LogP contribution in [-0.4, -0.2) is 35.5 Å². The number of carbonyl (C=O) groups excluding carboxylic acids is 1. The van der Waals surface area contributed by atoms with Crippen molar-refractivity contribution in [2.75, 3.05) is 14.1 Å². The molecular weight excluding hydrogens is 250 g/mol. The molecule has 110 valence electrons. The quantitative estimate of drug-likeness (QED) is 0.918. The highest BCUT2D eigenvalue weighted by Gasteiger charge is 2.37. The molecule has 2 rings (SSSR count). The lowest BCUT2D eigenvalue weighted by Gasteiger charge is -2.34. The van der Waals surface area contributed by atoms with Crippen molar-refractivity contribution in [3.8, 4) is 0 Å². The molecule has 0 spiro atoms. The maximum absolute atomic E-state index is 11.5. The minimum Gasteiger partial charge on any atom is -0.382 e. The Morgan fingerprint density at radius 2 is 1.80 bits per heavy atom. The Labute approximate surface area is 121 Å². The second-order valence-corrected chi connectivity index (χ2v) is 6.34. The zero-order chi connectivity index (χ0) is 14.8. The molecule has 0 atom stereocenters. The number of hydrogen-bond donors (Lipinski definition) is 1. The zero-order valence-electron chi connectivity index (χ0n) is 12.7. The average Bonchev–Trinajstić information content (AvgIpc) is 2.40. The highest BCUT2D eigenvalue weighted by Crippen LogP contribution is 2.38. The van der Waals surface area contributed by atoms with E-state index in [0.29, 0.717) is 18.8 Å². The predicted octanol–water partition coefficient (Wildman–Crippen LogP) is 2.73. The molecule has 1 fully saturated rings. The van der Waals surface area contributed by atoms with Crippen molar-refractivity contribution in [2.45, 2.75) is 50.7 Å². The van der Waals surface area contributed by atoms with Gasteiger partial charge in [0, 0.05) is 6.54 Å². The molecule has 0 saturated heterocycles. The van der Waals surface area contributed by atoms with Crippen LogP contribution in [0.15, 0.2) is 24.3 Å². The maximum Gasteiger partial charge on any atom is 0.161 e. The van der Waals surface area contributed by atoms with E-state index in [9.17, 15) is 9.90 Å². The summed E-state index contributed by atoms with van der Waals surface area (Å²) >= 11 is 0. The van der Waals surface area contributed by atoms with Gasteiger partial charge in [-0.1, -0.05) is 24.3 Å². The average molecular weight is 275 g/mol. The number of carbonyl (C=O) groups is 1. The van der Waals surface area contributed by atoms with E-state index in [0.717, 1.165) is 19.4 Å². The Kier molecular flexibility index (Phi) is 4.61. The van der Waals surface area contributed by atoms with Gasteiger partial charge in [0.15, 0.2) is 5.78 Å². The van der Waals surface area contributed by atoms with Crippen LogP contribution in [0.3, 0.4) is 0 Å². The molecule has 0 aromatic heterocycles. The topological polar surface area (TPSA) is 40.5 Å². The summed E-state index contributed by atoms with van der Waals surface area (Å²) in [6, 6.07) is 8.76. The van der Waals surface area contributed by atoms with E-state index < -0.39 is 5.60 Å². The van der Waals surface area contributed by atoms with Crippen molar-refractivity contribution in [1.82, 2.24) is 4.90 Å². The Bertz CT molecular complexity index is 456. The molecule has 0 amide bonds. The van der Waals surface area contributed by atoms with Crippen molar-refractivity contribution in [3.63, 3.8) is 0 Å². The number of rotatable bonds is 4. The lowest BCUT2D eigenvalue weighted by atomic mass is 9.74. The van der Waals surface area contributed by atoms with Gasteiger partial charge in [-0.05, 0) is 63.7 Å². The highest BCUT2D eigenvalue weighted by atomic mass is 16.3. The maximum atomic E-state index is 11.5. The molecule has 0 radical (unpaired) electrons. The monoisotopic (exact) mass is 275 g/mol. The van der Waals surface area contributed by atoms with Gasteiger partial charge in [0.1, 0.15) is 5.60 Å². The normalized spacial score (nSPS) is 26.8. The van der Waals surface area contributed by atoms with Crippen molar-refractivity contribution in [2.24, 2.45) is 0 Å². The van der Waals surface area contributed by atoms with Crippen LogP contribution in [0.1, 0.15) is 49.7 Å². The Hall–Kier alpha value is -1.19. The fourth-order valence-electron chi connectivity index (χ4n) is 3.04. The fraction of sp³-hybridized carbons (Fsp3) is 0.588. The van der Waals surface area contributed by atoms with E-state index >= 15 is 0 Å². The van der Waals surface area contributed by atoms with Crippen LogP contribution in [0.2, 0.25) is 0 Å². The van der Waals surface area contributed by atoms with Gasteiger partial charge in [0.25, 0.3) is 0 Å². The first-order valence-electron chi connectivity index (χ1n) is 7.38. The molecule has 1 N–H and O–H groups in total. The Balaban J connectivity index is 1.99. The third-order valence-electron chi connectivity index (χ3n) is 4.42. The molecule has 0 unspecified atom stereocenters. The summed E-state index contributed by atoms with van der Waals surface area (Å²) in [6.45, 7) is 2.45. The molecule has 1 aliphatic rings. The summed E-state index contributed by atoms with van der Waals surface area (Å²) in [5, 5.41) is 10.2. The highest BCUT2D eigenvalue weighted by molar-refractivity contribution is 5.84. The van der Waals surface area contributed by atoms with Gasteiger partial charge >= 0.3 is 0 Å². The zero-order valence-corrected chi connectivity index (χ0v) is 12.7. The summed E-state index contributed by atoms with van der Waals surface area (Å²) < 4.78 is 0. The third-order valence-corrected chi connectivity index (χ3v) is 4.42. The van der Waals surface area contributed by atoms with Gasteiger partial charge in [-0.25, -0.2) is 0 Å². The number of hydrogen-bond acceptors (Lipinski definition) is 3. The SMILES string of the molecule is CC(=O)C1(O)CCC(c2ccc(CN(C)C)cc2)CC1. The smallest absolute Gasteiger partial charge is 0.161 e. The Morgan fingerprint density at radius 1 is 1.25 bits per heavy atom. The van der Waals surface area contributed by atoms with Crippen molar-refractivity contribution >= 4 is 5.78 Å². The summed E-state index contributed by atoms with van der Waals surface area (Å²) in [5.74, 6) is 0.389. The molecule has 3 heteroatoms. The minimum absolute atomic E-state index is 0.0859. The molecule has 0 bridgehead atoms. The summed E-state index contributed by atoms with van der Waals surface area (Å²) in [7, 11) is 4.13. The van der Waals surface area contributed by atoms with E-state index in [1.165, 1.54) is 18.1 Å². The fourth-order valence-corrected chi connectivity index (χ4v) is 3.04. The van der Waals surface area contributed by atoms with Crippen molar-refractivity contribution in [3.05, 3.63) is 35.4 Å². The Morgan fingerprint density at radius 3 is 2.25 bits per heavy atom. The predicted molar refractivity (Wildman–Crippen MR) is 80.7 cm³/mol. The van der Waals surface area contributed by atoms with Crippen LogP contribution in [0.4, 0.5) is 0 Å². The summed E-state index contributed by atoms with van der Waals surface area (Å²) in [6.07, 6.45) is 2.96. The second kappa shape index (κ2) is 6.06. The van der Waals surface area contributed by atoms with Gasteiger partial charge in [-0.2, -0.15) is 0 Å². The van der Waals surface area contributed by atoms with Gasteiger partial charge in [-0.15, -0.1) is 0 Å². The first-order chi connectivity index (χ1) is 9.40. The summed E-state index contributed by atoms with van der Waals surface area (Å²) in [4.78, 5) is 13.6. The van der Waals surface area contributed by atoms with Crippen LogP contribution >= 0.6 is 0 Å². The first kappa shape index (κ1) is 15.2. The van der Waals surface area contributed by atoms with Crippen LogP contribution in [0.5, 0.6) is 0 Å². The van der Waals surface area contributed by atoms with Gasteiger partial charge in [0.2, 0.25) is 0 Å². The summed E-state index contributed by atoms with van der Waals surface area (Å²) in [5.41, 5.74) is 1.58. The number of ketones is 1. The van der Waals surface area contributed by atoms with E-state index in [1.807, 2.05) is 0 Å². The van der Waals surface area contributed by atoms with Crippen LogP contribution in [-0.2, 0) is 11.3 Å². The molecule has 1 aliphatic carbocycles. The minimum atomic E-state index is -1.07. The van der Waals surface area contributed by atoms with Crippen molar-refractivity contribution in [1.29, 1.82) is 0 Å². The molecule has 1 saturated carbocycles. The number of benzene rings is 1.